The Balaban J connectivity index is 1.29. The van der Waals surface area contributed by atoms with E-state index < -0.39 is 0 Å². The largest absolute Gasteiger partial charge is 0.457 e. The van der Waals surface area contributed by atoms with Gasteiger partial charge in [0.1, 0.15) is 18.0 Å². The number of rotatable bonds is 6. The molecular formula is C25H28N3O+. The maximum Gasteiger partial charge on any atom is 0.128 e. The van der Waals surface area contributed by atoms with Crippen molar-refractivity contribution in [2.75, 3.05) is 26.2 Å². The van der Waals surface area contributed by atoms with Crippen LogP contribution in [0.5, 0.6) is 11.5 Å². The van der Waals surface area contributed by atoms with Crippen LogP contribution in [0.2, 0.25) is 0 Å². The van der Waals surface area contributed by atoms with Crippen LogP contribution in [0.3, 0.4) is 0 Å². The van der Waals surface area contributed by atoms with Crippen LogP contribution in [0.15, 0.2) is 84.0 Å². The summed E-state index contributed by atoms with van der Waals surface area (Å²) in [6, 6.07) is 26.8. The van der Waals surface area contributed by atoms with E-state index in [0.29, 0.717) is 0 Å². The minimum Gasteiger partial charge on any atom is -0.457 e. The molecule has 3 aromatic rings. The number of quaternary nitrogens is 1. The van der Waals surface area contributed by atoms with Crippen molar-refractivity contribution in [2.24, 2.45) is 5.10 Å². The van der Waals surface area contributed by atoms with Crippen molar-refractivity contribution < 1.29 is 9.64 Å². The molecule has 0 spiro atoms. The first-order valence-electron chi connectivity index (χ1n) is 10.3. The number of ether oxygens (including phenoxy) is 1. The fourth-order valence-electron chi connectivity index (χ4n) is 3.53. The molecule has 0 aromatic heterocycles. The lowest BCUT2D eigenvalue weighted by Crippen LogP contribution is -3.13. The highest BCUT2D eigenvalue weighted by Gasteiger charge is 2.18. The van der Waals surface area contributed by atoms with E-state index in [0.717, 1.165) is 49.8 Å². The second-order valence-corrected chi connectivity index (χ2v) is 7.60. The Hall–Kier alpha value is -3.11. The Morgan fingerprint density at radius 3 is 2.38 bits per heavy atom. The van der Waals surface area contributed by atoms with E-state index in [2.05, 4.69) is 42.3 Å². The highest BCUT2D eigenvalue weighted by Crippen LogP contribution is 2.21. The molecule has 4 nitrogen and oxygen atoms in total. The average molecular weight is 387 g/mol. The first-order valence-corrected chi connectivity index (χ1v) is 10.3. The standard InChI is InChI=1S/C25H27N3O/c1-21-10-12-22(13-11-21)20-27-14-16-28(17-15-27)26-19-23-6-5-9-25(18-23)29-24-7-3-2-4-8-24/h2-13,18-19H,14-17,20H2,1H3/p+1/b26-19-. The minimum absolute atomic E-state index is 0.826. The molecule has 1 saturated heterocycles. The van der Waals surface area contributed by atoms with Crippen LogP contribution in [-0.4, -0.2) is 37.4 Å². The third-order valence-electron chi connectivity index (χ3n) is 5.23. The molecule has 0 aliphatic carbocycles. The number of hydrogen-bond acceptors (Lipinski definition) is 3. The molecule has 0 unspecified atom stereocenters. The van der Waals surface area contributed by atoms with Gasteiger partial charge in [-0.2, -0.15) is 5.10 Å². The van der Waals surface area contributed by atoms with Crippen molar-refractivity contribution in [3.63, 3.8) is 0 Å². The number of piperazine rings is 1. The SMILES string of the molecule is Cc1ccc(C[NH+]2CCN(/N=C\c3cccc(Oc4ccccc4)c3)CC2)cc1. The van der Waals surface area contributed by atoms with Gasteiger partial charge in [0.15, 0.2) is 0 Å². The minimum atomic E-state index is 0.826. The van der Waals surface area contributed by atoms with Crippen LogP contribution in [0.25, 0.3) is 0 Å². The molecule has 148 valence electrons. The molecule has 3 aromatic carbocycles. The van der Waals surface area contributed by atoms with Gasteiger partial charge in [0.25, 0.3) is 0 Å². The molecular weight excluding hydrogens is 358 g/mol. The molecule has 0 atom stereocenters. The first-order chi connectivity index (χ1) is 14.2. The molecule has 0 amide bonds. The van der Waals surface area contributed by atoms with E-state index in [1.807, 2.05) is 54.7 Å². The zero-order valence-electron chi connectivity index (χ0n) is 16.9. The number of nitrogens with one attached hydrogen (secondary N) is 1. The Morgan fingerprint density at radius 2 is 1.62 bits per heavy atom. The lowest BCUT2D eigenvalue weighted by Gasteiger charge is -2.30. The summed E-state index contributed by atoms with van der Waals surface area (Å²) in [6.07, 6.45) is 1.93. The van der Waals surface area contributed by atoms with E-state index in [1.54, 1.807) is 4.90 Å². The van der Waals surface area contributed by atoms with Crippen molar-refractivity contribution in [1.29, 1.82) is 0 Å². The summed E-state index contributed by atoms with van der Waals surface area (Å²) in [5, 5.41) is 6.86. The molecule has 1 aliphatic rings. The molecule has 0 saturated carbocycles. The fourth-order valence-corrected chi connectivity index (χ4v) is 3.53. The monoisotopic (exact) mass is 386 g/mol. The number of aryl methyl sites for hydroxylation is 1. The Morgan fingerprint density at radius 1 is 0.897 bits per heavy atom. The number of hydrazone groups is 1. The van der Waals surface area contributed by atoms with E-state index in [4.69, 9.17) is 9.84 Å². The smallest absolute Gasteiger partial charge is 0.128 e. The van der Waals surface area contributed by atoms with Crippen molar-refractivity contribution >= 4 is 6.21 Å². The van der Waals surface area contributed by atoms with Crippen LogP contribution < -0.4 is 9.64 Å². The molecule has 1 heterocycles. The van der Waals surface area contributed by atoms with Gasteiger partial charge in [-0.3, -0.25) is 5.01 Å². The zero-order valence-corrected chi connectivity index (χ0v) is 16.9. The second kappa shape index (κ2) is 9.39. The van der Waals surface area contributed by atoms with Gasteiger partial charge in [-0.25, -0.2) is 0 Å². The summed E-state index contributed by atoms with van der Waals surface area (Å²) in [5.41, 5.74) is 3.78. The Bertz CT molecular complexity index is 930. The number of benzene rings is 3. The summed E-state index contributed by atoms with van der Waals surface area (Å²) < 4.78 is 5.91. The maximum absolute atomic E-state index is 5.91. The molecule has 0 bridgehead atoms. The second-order valence-electron chi connectivity index (χ2n) is 7.60. The number of hydrogen-bond donors (Lipinski definition) is 1. The van der Waals surface area contributed by atoms with Crippen molar-refractivity contribution in [1.82, 2.24) is 5.01 Å². The first kappa shape index (κ1) is 19.2. The normalized spacial score (nSPS) is 15.0. The fraction of sp³-hybridized carbons (Fsp3) is 0.240. The van der Waals surface area contributed by atoms with E-state index in [1.165, 1.54) is 11.1 Å². The quantitative estimate of drug-likeness (QED) is 0.657. The van der Waals surface area contributed by atoms with Gasteiger partial charge in [-0.1, -0.05) is 60.2 Å². The zero-order chi connectivity index (χ0) is 19.9. The Kier molecular flexibility index (Phi) is 6.22. The van der Waals surface area contributed by atoms with Crippen molar-refractivity contribution in [3.05, 3.63) is 95.6 Å². The third kappa shape index (κ3) is 5.69. The van der Waals surface area contributed by atoms with Crippen LogP contribution in [0, 0.1) is 6.92 Å². The van der Waals surface area contributed by atoms with E-state index >= 15 is 0 Å². The highest BCUT2D eigenvalue weighted by molar-refractivity contribution is 5.80. The van der Waals surface area contributed by atoms with Crippen molar-refractivity contribution in [2.45, 2.75) is 13.5 Å². The molecule has 1 N–H and O–H groups in total. The summed E-state index contributed by atoms with van der Waals surface area (Å²) in [6.45, 7) is 7.42. The molecule has 1 aliphatic heterocycles. The van der Waals surface area contributed by atoms with Gasteiger partial charge in [0.05, 0.1) is 32.4 Å². The van der Waals surface area contributed by atoms with E-state index in [9.17, 15) is 0 Å². The maximum atomic E-state index is 5.91. The highest BCUT2D eigenvalue weighted by atomic mass is 16.5. The van der Waals surface area contributed by atoms with Crippen LogP contribution in [0.4, 0.5) is 0 Å². The van der Waals surface area contributed by atoms with E-state index in [-0.39, 0.29) is 0 Å². The average Bonchev–Trinajstić information content (AvgIpc) is 2.76. The predicted octanol–water partition coefficient (Wildman–Crippen LogP) is 3.52. The number of nitrogens with zero attached hydrogens (tertiary/aromatic N) is 2. The van der Waals surface area contributed by atoms with Gasteiger partial charge < -0.3 is 9.64 Å². The topological polar surface area (TPSA) is 29.3 Å². The lowest BCUT2D eigenvalue weighted by atomic mass is 10.1. The molecule has 29 heavy (non-hydrogen) atoms. The third-order valence-corrected chi connectivity index (χ3v) is 5.23. The van der Waals surface area contributed by atoms with Crippen LogP contribution >= 0.6 is 0 Å². The van der Waals surface area contributed by atoms with Gasteiger partial charge in [0, 0.05) is 5.56 Å². The van der Waals surface area contributed by atoms with Gasteiger partial charge >= 0.3 is 0 Å². The van der Waals surface area contributed by atoms with Crippen LogP contribution in [-0.2, 0) is 6.54 Å². The lowest BCUT2D eigenvalue weighted by molar-refractivity contribution is -0.918. The summed E-state index contributed by atoms with van der Waals surface area (Å²) in [4.78, 5) is 1.62. The number of para-hydroxylation sites is 1. The summed E-state index contributed by atoms with van der Waals surface area (Å²) in [7, 11) is 0. The van der Waals surface area contributed by atoms with Gasteiger partial charge in [0.2, 0.25) is 0 Å². The Labute approximate surface area is 173 Å². The molecule has 1 fully saturated rings. The predicted molar refractivity (Wildman–Crippen MR) is 118 cm³/mol. The summed E-state index contributed by atoms with van der Waals surface area (Å²) in [5.74, 6) is 1.67. The van der Waals surface area contributed by atoms with Crippen LogP contribution in [0.1, 0.15) is 16.7 Å². The van der Waals surface area contributed by atoms with Gasteiger partial charge in [-0.15, -0.1) is 0 Å². The van der Waals surface area contributed by atoms with Crippen molar-refractivity contribution in [3.8, 4) is 11.5 Å². The summed E-state index contributed by atoms with van der Waals surface area (Å²) >= 11 is 0. The molecule has 4 rings (SSSR count). The molecule has 0 radical (unpaired) electrons. The van der Waals surface area contributed by atoms with Gasteiger partial charge in [-0.05, 0) is 36.8 Å². The molecule has 4 heteroatoms.